The number of ether oxygens (including phenoxy) is 1. The van der Waals surface area contributed by atoms with Gasteiger partial charge in [-0.25, -0.2) is 0 Å². The minimum Gasteiger partial charge on any atom is -0.466 e. The lowest BCUT2D eigenvalue weighted by atomic mass is 9.88. The second-order valence-electron chi connectivity index (χ2n) is 4.17. The van der Waals surface area contributed by atoms with Crippen LogP contribution in [0.1, 0.15) is 42.3 Å². The summed E-state index contributed by atoms with van der Waals surface area (Å²) in [6.07, 6.45) is 5.68. The summed E-state index contributed by atoms with van der Waals surface area (Å²) in [7, 11) is 0. The zero-order valence-electron chi connectivity index (χ0n) is 9.11. The third kappa shape index (κ3) is 2.55. The molecular weight excluding hydrogens is 246 g/mol. The van der Waals surface area contributed by atoms with E-state index in [1.165, 1.54) is 30.6 Å². The number of aldehydes is 1. The summed E-state index contributed by atoms with van der Waals surface area (Å²) >= 11 is 7.01. The Labute approximate surface area is 104 Å². The number of hydrogen-bond acceptors (Lipinski definition) is 4. The molecule has 1 fully saturated rings. The van der Waals surface area contributed by atoms with Crippen LogP contribution in [0.25, 0.3) is 0 Å². The Kier molecular flexibility index (Phi) is 3.82. The van der Waals surface area contributed by atoms with Gasteiger partial charge in [-0.05, 0) is 25.2 Å². The van der Waals surface area contributed by atoms with E-state index >= 15 is 0 Å². The number of hydrogen-bond donors (Lipinski definition) is 0. The fourth-order valence-corrected chi connectivity index (χ4v) is 2.97. The molecule has 0 saturated heterocycles. The fraction of sp³-hybridized carbons (Fsp3) is 0.636. The van der Waals surface area contributed by atoms with E-state index in [1.54, 1.807) is 0 Å². The molecule has 5 heteroatoms. The van der Waals surface area contributed by atoms with Crippen molar-refractivity contribution in [1.29, 1.82) is 0 Å². The molecule has 1 aromatic heterocycles. The van der Waals surface area contributed by atoms with Crippen LogP contribution in [0.2, 0.25) is 5.15 Å². The highest BCUT2D eigenvalue weighted by molar-refractivity contribution is 7.15. The molecular formula is C11H14ClNO2S. The first-order valence-electron chi connectivity index (χ1n) is 5.49. The number of carbonyl (C=O) groups is 1. The number of carbonyl (C=O) groups excluding carboxylic acids is 1. The van der Waals surface area contributed by atoms with Crippen molar-refractivity contribution in [2.24, 2.45) is 5.92 Å². The Balaban J connectivity index is 2.04. The van der Waals surface area contributed by atoms with Gasteiger partial charge in [-0.2, -0.15) is 4.98 Å². The largest absolute Gasteiger partial charge is 0.466 e. The molecule has 88 valence electrons. The van der Waals surface area contributed by atoms with Crippen LogP contribution in [-0.2, 0) is 0 Å². The second-order valence-corrected chi connectivity index (χ2v) is 5.52. The standard InChI is InChI=1S/C11H14ClNO2S/c1-7-4-2-3-5-8(7)15-11-13-10(12)9(6-14)16-11/h6-8H,2-5H2,1H3. The zero-order valence-corrected chi connectivity index (χ0v) is 10.7. The van der Waals surface area contributed by atoms with Gasteiger partial charge in [0.25, 0.3) is 5.19 Å². The average Bonchev–Trinajstić information content (AvgIpc) is 2.62. The zero-order chi connectivity index (χ0) is 11.5. The molecule has 2 unspecified atom stereocenters. The van der Waals surface area contributed by atoms with Gasteiger partial charge in [0.05, 0.1) is 0 Å². The summed E-state index contributed by atoms with van der Waals surface area (Å²) in [5.74, 6) is 0.552. The van der Waals surface area contributed by atoms with E-state index < -0.39 is 0 Å². The van der Waals surface area contributed by atoms with Gasteiger partial charge < -0.3 is 4.74 Å². The van der Waals surface area contributed by atoms with Gasteiger partial charge in [0, 0.05) is 0 Å². The Morgan fingerprint density at radius 1 is 1.50 bits per heavy atom. The van der Waals surface area contributed by atoms with Crippen LogP contribution in [-0.4, -0.2) is 17.4 Å². The first-order valence-corrected chi connectivity index (χ1v) is 6.68. The summed E-state index contributed by atoms with van der Waals surface area (Å²) in [5, 5.41) is 0.768. The lowest BCUT2D eigenvalue weighted by Crippen LogP contribution is -2.28. The van der Waals surface area contributed by atoms with Gasteiger partial charge in [0.1, 0.15) is 11.0 Å². The molecule has 1 heterocycles. The molecule has 0 amide bonds. The summed E-state index contributed by atoms with van der Waals surface area (Å²) in [4.78, 5) is 15.1. The summed E-state index contributed by atoms with van der Waals surface area (Å²) in [6.45, 7) is 2.19. The number of aromatic nitrogens is 1. The molecule has 0 spiro atoms. The van der Waals surface area contributed by atoms with E-state index in [1.807, 2.05) is 0 Å². The monoisotopic (exact) mass is 259 g/mol. The molecule has 0 aliphatic heterocycles. The van der Waals surface area contributed by atoms with E-state index in [2.05, 4.69) is 11.9 Å². The fourth-order valence-electron chi connectivity index (χ4n) is 2.00. The molecule has 1 aliphatic rings. The van der Waals surface area contributed by atoms with Gasteiger partial charge >= 0.3 is 0 Å². The van der Waals surface area contributed by atoms with Crippen molar-refractivity contribution in [3.05, 3.63) is 10.0 Å². The predicted octanol–water partition coefficient (Wildman–Crippen LogP) is 3.57. The molecule has 0 N–H and O–H groups in total. The first kappa shape index (κ1) is 11.9. The molecule has 1 saturated carbocycles. The number of halogens is 1. The molecule has 0 radical (unpaired) electrons. The normalized spacial score (nSPS) is 25.4. The lowest BCUT2D eigenvalue weighted by molar-refractivity contribution is 0.102. The van der Waals surface area contributed by atoms with E-state index in [-0.39, 0.29) is 11.3 Å². The Morgan fingerprint density at radius 3 is 2.88 bits per heavy atom. The van der Waals surface area contributed by atoms with Crippen molar-refractivity contribution in [2.45, 2.75) is 38.7 Å². The highest BCUT2D eigenvalue weighted by atomic mass is 35.5. The van der Waals surface area contributed by atoms with Crippen molar-refractivity contribution in [3.8, 4) is 5.19 Å². The van der Waals surface area contributed by atoms with Gasteiger partial charge in [0.2, 0.25) is 0 Å². The second kappa shape index (κ2) is 5.15. The predicted molar refractivity (Wildman–Crippen MR) is 64.6 cm³/mol. The molecule has 2 rings (SSSR count). The topological polar surface area (TPSA) is 39.2 Å². The lowest BCUT2D eigenvalue weighted by Gasteiger charge is -2.27. The van der Waals surface area contributed by atoms with Crippen molar-refractivity contribution in [3.63, 3.8) is 0 Å². The van der Waals surface area contributed by atoms with Gasteiger partial charge in [-0.3, -0.25) is 4.79 Å². The number of nitrogens with zero attached hydrogens (tertiary/aromatic N) is 1. The quantitative estimate of drug-likeness (QED) is 0.779. The molecule has 3 nitrogen and oxygen atoms in total. The highest BCUT2D eigenvalue weighted by Crippen LogP contribution is 2.32. The van der Waals surface area contributed by atoms with Crippen molar-refractivity contribution in [1.82, 2.24) is 4.98 Å². The molecule has 2 atom stereocenters. The van der Waals surface area contributed by atoms with E-state index in [0.717, 1.165) is 12.7 Å². The number of thiazole rings is 1. The Hall–Kier alpha value is -0.610. The van der Waals surface area contributed by atoms with Crippen molar-refractivity contribution < 1.29 is 9.53 Å². The van der Waals surface area contributed by atoms with Crippen LogP contribution in [0.3, 0.4) is 0 Å². The van der Waals surface area contributed by atoms with Crippen molar-refractivity contribution in [2.75, 3.05) is 0 Å². The van der Waals surface area contributed by atoms with E-state index in [4.69, 9.17) is 16.3 Å². The minimum atomic E-state index is 0.218. The smallest absolute Gasteiger partial charge is 0.275 e. The Morgan fingerprint density at radius 2 is 2.25 bits per heavy atom. The third-order valence-electron chi connectivity index (χ3n) is 2.98. The summed E-state index contributed by atoms with van der Waals surface area (Å²) < 4.78 is 5.79. The molecule has 0 aromatic carbocycles. The van der Waals surface area contributed by atoms with Gasteiger partial charge in [0.15, 0.2) is 11.4 Å². The van der Waals surface area contributed by atoms with Crippen molar-refractivity contribution >= 4 is 29.2 Å². The maximum absolute atomic E-state index is 10.6. The molecule has 1 aliphatic carbocycles. The van der Waals surface area contributed by atoms with Crippen LogP contribution >= 0.6 is 22.9 Å². The minimum absolute atomic E-state index is 0.218. The number of rotatable bonds is 3. The Bertz CT molecular complexity index is 380. The van der Waals surface area contributed by atoms with Crippen LogP contribution in [0.5, 0.6) is 5.19 Å². The van der Waals surface area contributed by atoms with E-state index in [0.29, 0.717) is 16.0 Å². The van der Waals surface area contributed by atoms with Crippen LogP contribution in [0.4, 0.5) is 0 Å². The third-order valence-corrected chi connectivity index (χ3v) is 4.25. The maximum atomic E-state index is 10.6. The van der Waals surface area contributed by atoms with Crippen LogP contribution in [0, 0.1) is 5.92 Å². The van der Waals surface area contributed by atoms with E-state index in [9.17, 15) is 4.79 Å². The molecule has 16 heavy (non-hydrogen) atoms. The SMILES string of the molecule is CC1CCCCC1Oc1nc(Cl)c(C=O)s1. The summed E-state index contributed by atoms with van der Waals surface area (Å²) in [5.41, 5.74) is 0. The van der Waals surface area contributed by atoms with Crippen LogP contribution in [0.15, 0.2) is 0 Å². The maximum Gasteiger partial charge on any atom is 0.275 e. The first-order chi connectivity index (χ1) is 7.70. The van der Waals surface area contributed by atoms with Gasteiger partial charge in [-0.15, -0.1) is 0 Å². The molecule has 1 aromatic rings. The summed E-state index contributed by atoms with van der Waals surface area (Å²) in [6, 6.07) is 0. The van der Waals surface area contributed by atoms with Crippen LogP contribution < -0.4 is 4.74 Å². The average molecular weight is 260 g/mol. The molecule has 0 bridgehead atoms. The van der Waals surface area contributed by atoms with Gasteiger partial charge in [-0.1, -0.05) is 36.3 Å². The highest BCUT2D eigenvalue weighted by Gasteiger charge is 2.24.